The Morgan fingerprint density at radius 3 is 1.48 bits per heavy atom. The van der Waals surface area contributed by atoms with E-state index in [1.807, 2.05) is 0 Å². The molecule has 0 heterocycles. The molecule has 0 unspecified atom stereocenters. The molecule has 0 fully saturated rings. The predicted octanol–water partition coefficient (Wildman–Crippen LogP) is 5.27. The molecular formula is C14H8Cl2F4O. The highest BCUT2D eigenvalue weighted by Gasteiger charge is 2.15. The normalized spacial score (nSPS) is 11.0. The van der Waals surface area contributed by atoms with Crippen molar-refractivity contribution in [1.29, 1.82) is 0 Å². The van der Waals surface area contributed by atoms with Crippen molar-refractivity contribution in [3.8, 4) is 0 Å². The fraction of sp³-hybridized carbons (Fsp3) is 0.143. The van der Waals surface area contributed by atoms with Crippen molar-refractivity contribution in [2.75, 3.05) is 0 Å². The first-order valence-corrected chi connectivity index (χ1v) is 6.50. The Bertz CT molecular complexity index is 619. The summed E-state index contributed by atoms with van der Waals surface area (Å²) >= 11 is 11.0. The molecule has 0 atom stereocenters. The van der Waals surface area contributed by atoms with Crippen molar-refractivity contribution in [3.63, 3.8) is 0 Å². The molecule has 0 bridgehead atoms. The van der Waals surface area contributed by atoms with Crippen molar-refractivity contribution in [2.24, 2.45) is 0 Å². The van der Waals surface area contributed by atoms with Crippen molar-refractivity contribution in [2.45, 2.75) is 13.2 Å². The smallest absolute Gasteiger partial charge is 0.150 e. The number of ether oxygens (including phenoxy) is 1. The minimum absolute atomic E-state index is 0.268. The Morgan fingerprint density at radius 1 is 0.714 bits per heavy atom. The number of benzene rings is 2. The lowest BCUT2D eigenvalue weighted by Gasteiger charge is -2.09. The highest BCUT2D eigenvalue weighted by molar-refractivity contribution is 6.31. The monoisotopic (exact) mass is 338 g/mol. The Kier molecular flexibility index (Phi) is 5.08. The summed E-state index contributed by atoms with van der Waals surface area (Å²) in [6, 6.07) is 4.08. The summed E-state index contributed by atoms with van der Waals surface area (Å²) < 4.78 is 59.0. The topological polar surface area (TPSA) is 9.23 Å². The number of rotatable bonds is 4. The highest BCUT2D eigenvalue weighted by Crippen LogP contribution is 2.24. The van der Waals surface area contributed by atoms with E-state index in [2.05, 4.69) is 0 Å². The molecule has 112 valence electrons. The molecule has 0 spiro atoms. The molecule has 2 rings (SSSR count). The van der Waals surface area contributed by atoms with Crippen LogP contribution in [0.2, 0.25) is 10.0 Å². The molecule has 2 aromatic carbocycles. The summed E-state index contributed by atoms with van der Waals surface area (Å²) in [4.78, 5) is 0. The quantitative estimate of drug-likeness (QED) is 0.545. The van der Waals surface area contributed by atoms with Crippen LogP contribution in [0.25, 0.3) is 0 Å². The molecule has 0 aliphatic rings. The lowest BCUT2D eigenvalue weighted by atomic mass is 10.2. The van der Waals surface area contributed by atoms with Crippen LogP contribution in [0, 0.1) is 23.3 Å². The third-order valence-corrected chi connectivity index (χ3v) is 3.35. The molecule has 2 aromatic rings. The standard InChI is InChI=1S/C14H8Cl2F4O/c15-9-1-3-11(17)7(13(9)19)5-21-6-8-12(18)4-2-10(16)14(8)20/h1-4H,5-6H2. The van der Waals surface area contributed by atoms with Gasteiger partial charge in [-0.3, -0.25) is 0 Å². The van der Waals surface area contributed by atoms with Crippen molar-refractivity contribution >= 4 is 23.2 Å². The van der Waals surface area contributed by atoms with Crippen molar-refractivity contribution in [1.82, 2.24) is 0 Å². The molecule has 7 heteroatoms. The molecular weight excluding hydrogens is 331 g/mol. The number of hydrogen-bond donors (Lipinski definition) is 0. The van der Waals surface area contributed by atoms with E-state index in [4.69, 9.17) is 27.9 Å². The van der Waals surface area contributed by atoms with E-state index >= 15 is 0 Å². The van der Waals surface area contributed by atoms with E-state index in [9.17, 15) is 17.6 Å². The van der Waals surface area contributed by atoms with Gasteiger partial charge in [-0.15, -0.1) is 0 Å². The van der Waals surface area contributed by atoms with Gasteiger partial charge in [0, 0.05) is 0 Å². The van der Waals surface area contributed by atoms with Crippen LogP contribution in [0.3, 0.4) is 0 Å². The fourth-order valence-corrected chi connectivity index (χ4v) is 2.01. The maximum Gasteiger partial charge on any atom is 0.150 e. The summed E-state index contributed by atoms with van der Waals surface area (Å²) in [5, 5.41) is -0.537. The van der Waals surface area contributed by atoms with Crippen molar-refractivity contribution in [3.05, 3.63) is 68.7 Å². The molecule has 0 N–H and O–H groups in total. The second-order valence-corrected chi connectivity index (χ2v) is 4.95. The molecule has 0 aromatic heterocycles. The molecule has 0 aliphatic heterocycles. The zero-order valence-corrected chi connectivity index (χ0v) is 11.9. The van der Waals surface area contributed by atoms with Gasteiger partial charge in [-0.2, -0.15) is 0 Å². The highest BCUT2D eigenvalue weighted by atomic mass is 35.5. The maximum absolute atomic E-state index is 13.6. The van der Waals surface area contributed by atoms with E-state index in [0.717, 1.165) is 24.3 Å². The third-order valence-electron chi connectivity index (χ3n) is 2.77. The lowest BCUT2D eigenvalue weighted by Crippen LogP contribution is -2.04. The predicted molar refractivity (Wildman–Crippen MR) is 71.2 cm³/mol. The molecule has 0 saturated carbocycles. The van der Waals surface area contributed by atoms with Gasteiger partial charge in [0.25, 0.3) is 0 Å². The minimum atomic E-state index is -0.969. The molecule has 0 saturated heterocycles. The van der Waals surface area contributed by atoms with Gasteiger partial charge < -0.3 is 4.74 Å². The van der Waals surface area contributed by atoms with Crippen LogP contribution >= 0.6 is 23.2 Å². The van der Waals surface area contributed by atoms with E-state index < -0.39 is 47.6 Å². The second-order valence-electron chi connectivity index (χ2n) is 4.14. The summed E-state index contributed by atoms with van der Waals surface area (Å²) in [6.07, 6.45) is 0. The van der Waals surface area contributed by atoms with E-state index in [-0.39, 0.29) is 10.0 Å². The minimum Gasteiger partial charge on any atom is -0.372 e. The average Bonchev–Trinajstić information content (AvgIpc) is 2.46. The summed E-state index contributed by atoms with van der Waals surface area (Å²) in [5.74, 6) is -3.65. The Morgan fingerprint density at radius 2 is 1.10 bits per heavy atom. The lowest BCUT2D eigenvalue weighted by molar-refractivity contribution is 0.0976. The third kappa shape index (κ3) is 3.48. The van der Waals surface area contributed by atoms with Gasteiger partial charge in [-0.05, 0) is 24.3 Å². The van der Waals surface area contributed by atoms with Crippen LogP contribution in [-0.4, -0.2) is 0 Å². The average molecular weight is 339 g/mol. The SMILES string of the molecule is Fc1ccc(Cl)c(F)c1COCc1c(F)ccc(Cl)c1F. The van der Waals surface area contributed by atoms with Gasteiger partial charge in [0.15, 0.2) is 0 Å². The van der Waals surface area contributed by atoms with Crippen LogP contribution in [-0.2, 0) is 18.0 Å². The zero-order chi connectivity index (χ0) is 15.6. The van der Waals surface area contributed by atoms with Gasteiger partial charge in [0.05, 0.1) is 34.4 Å². The number of hydrogen-bond acceptors (Lipinski definition) is 1. The van der Waals surface area contributed by atoms with Crippen LogP contribution in [0.5, 0.6) is 0 Å². The molecule has 0 radical (unpaired) electrons. The first-order chi connectivity index (χ1) is 9.91. The maximum atomic E-state index is 13.6. The second kappa shape index (κ2) is 6.64. The summed E-state index contributed by atoms with van der Waals surface area (Å²) in [5.41, 5.74) is -0.823. The van der Waals surface area contributed by atoms with Crippen LogP contribution < -0.4 is 0 Å². The van der Waals surface area contributed by atoms with Crippen LogP contribution in [0.4, 0.5) is 17.6 Å². The fourth-order valence-electron chi connectivity index (χ4n) is 1.66. The number of halogens is 6. The molecule has 0 amide bonds. The van der Waals surface area contributed by atoms with Crippen molar-refractivity contribution < 1.29 is 22.3 Å². The summed E-state index contributed by atoms with van der Waals surface area (Å²) in [7, 11) is 0. The first-order valence-electron chi connectivity index (χ1n) is 5.74. The molecule has 1 nitrogen and oxygen atoms in total. The van der Waals surface area contributed by atoms with Gasteiger partial charge in [0.1, 0.15) is 23.3 Å². The van der Waals surface area contributed by atoms with E-state index in [1.54, 1.807) is 0 Å². The first kappa shape index (κ1) is 16.1. The Hall–Kier alpha value is -1.30. The van der Waals surface area contributed by atoms with Gasteiger partial charge in [0.2, 0.25) is 0 Å². The Balaban J connectivity index is 2.13. The van der Waals surface area contributed by atoms with Crippen LogP contribution in [0.15, 0.2) is 24.3 Å². The van der Waals surface area contributed by atoms with Gasteiger partial charge >= 0.3 is 0 Å². The van der Waals surface area contributed by atoms with Crippen LogP contribution in [0.1, 0.15) is 11.1 Å². The van der Waals surface area contributed by atoms with Gasteiger partial charge in [-0.25, -0.2) is 17.6 Å². The summed E-state index contributed by atoms with van der Waals surface area (Å²) in [6.45, 7) is -1.05. The van der Waals surface area contributed by atoms with E-state index in [0.29, 0.717) is 0 Å². The molecule has 0 aliphatic carbocycles. The van der Waals surface area contributed by atoms with E-state index in [1.165, 1.54) is 0 Å². The largest absolute Gasteiger partial charge is 0.372 e. The van der Waals surface area contributed by atoms with Gasteiger partial charge in [-0.1, -0.05) is 23.2 Å². The zero-order valence-electron chi connectivity index (χ0n) is 10.4. The Labute approximate surface area is 128 Å². The molecule has 21 heavy (non-hydrogen) atoms.